The number of hydrogen-bond donors (Lipinski definition) is 0. The van der Waals surface area contributed by atoms with Gasteiger partial charge in [-0.15, -0.1) is 10.1 Å². The molecule has 2 aromatic heterocycles. The van der Waals surface area contributed by atoms with E-state index in [4.69, 9.17) is 0 Å². The van der Waals surface area contributed by atoms with Gasteiger partial charge < -0.3 is 0 Å². The lowest BCUT2D eigenvalue weighted by atomic mass is 10.3. The molecule has 2 rings (SSSR count). The standard InChI is InChI=1S/C9H7N3O/c1-7-2-3-12-8(4-7)5-9(11-12)10-6-13/h2-5H,1H3. The minimum absolute atomic E-state index is 0.389. The topological polar surface area (TPSA) is 46.7 Å². The molecule has 13 heavy (non-hydrogen) atoms. The van der Waals surface area contributed by atoms with Crippen molar-refractivity contribution in [1.82, 2.24) is 9.61 Å². The highest BCUT2D eigenvalue weighted by molar-refractivity contribution is 5.57. The van der Waals surface area contributed by atoms with Crippen molar-refractivity contribution in [2.75, 3.05) is 0 Å². The summed E-state index contributed by atoms with van der Waals surface area (Å²) in [5.41, 5.74) is 2.07. The van der Waals surface area contributed by atoms with Gasteiger partial charge in [0.25, 0.3) is 0 Å². The fourth-order valence-electron chi connectivity index (χ4n) is 1.19. The molecule has 2 heterocycles. The van der Waals surface area contributed by atoms with Crippen LogP contribution in [0.25, 0.3) is 5.52 Å². The van der Waals surface area contributed by atoms with Crippen LogP contribution in [-0.2, 0) is 4.79 Å². The van der Waals surface area contributed by atoms with Gasteiger partial charge in [0.1, 0.15) is 0 Å². The summed E-state index contributed by atoms with van der Waals surface area (Å²) >= 11 is 0. The van der Waals surface area contributed by atoms with Crippen LogP contribution in [0.2, 0.25) is 0 Å². The number of pyridine rings is 1. The van der Waals surface area contributed by atoms with E-state index in [9.17, 15) is 4.79 Å². The Morgan fingerprint density at radius 3 is 3.15 bits per heavy atom. The first-order valence-electron chi connectivity index (χ1n) is 3.83. The molecule has 0 atom stereocenters. The van der Waals surface area contributed by atoms with E-state index in [0.29, 0.717) is 5.82 Å². The first-order valence-corrected chi connectivity index (χ1v) is 3.83. The summed E-state index contributed by atoms with van der Waals surface area (Å²) < 4.78 is 1.67. The van der Waals surface area contributed by atoms with E-state index < -0.39 is 0 Å². The molecule has 4 heteroatoms. The van der Waals surface area contributed by atoms with Crippen molar-refractivity contribution >= 4 is 17.4 Å². The second-order valence-corrected chi connectivity index (χ2v) is 2.78. The molecule has 0 aliphatic heterocycles. The van der Waals surface area contributed by atoms with Gasteiger partial charge >= 0.3 is 0 Å². The summed E-state index contributed by atoms with van der Waals surface area (Å²) in [7, 11) is 0. The molecule has 0 fully saturated rings. The van der Waals surface area contributed by atoms with Crippen LogP contribution < -0.4 is 0 Å². The fraction of sp³-hybridized carbons (Fsp3) is 0.111. The van der Waals surface area contributed by atoms with Crippen molar-refractivity contribution in [3.63, 3.8) is 0 Å². The molecule has 0 spiro atoms. The van der Waals surface area contributed by atoms with Crippen LogP contribution in [0, 0.1) is 6.92 Å². The number of aromatic nitrogens is 2. The third-order valence-electron chi connectivity index (χ3n) is 1.77. The Kier molecular flexibility index (Phi) is 1.69. The first-order chi connectivity index (χ1) is 6.29. The van der Waals surface area contributed by atoms with Crippen molar-refractivity contribution in [1.29, 1.82) is 0 Å². The normalized spacial score (nSPS) is 9.92. The molecule has 64 valence electrons. The van der Waals surface area contributed by atoms with Gasteiger partial charge in [-0.1, -0.05) is 0 Å². The Morgan fingerprint density at radius 2 is 2.38 bits per heavy atom. The molecule has 0 saturated carbocycles. The Hall–Kier alpha value is -1.93. The first kappa shape index (κ1) is 7.71. The van der Waals surface area contributed by atoms with Gasteiger partial charge in [0.15, 0.2) is 5.82 Å². The quantitative estimate of drug-likeness (QED) is 0.485. The monoisotopic (exact) mass is 173 g/mol. The van der Waals surface area contributed by atoms with Crippen molar-refractivity contribution in [3.05, 3.63) is 30.0 Å². The smallest absolute Gasteiger partial charge is 0.239 e. The van der Waals surface area contributed by atoms with Gasteiger partial charge in [-0.2, -0.15) is 0 Å². The third kappa shape index (κ3) is 1.35. The van der Waals surface area contributed by atoms with Crippen LogP contribution in [0.4, 0.5) is 5.82 Å². The predicted molar refractivity (Wildman–Crippen MR) is 47.7 cm³/mol. The van der Waals surface area contributed by atoms with Gasteiger partial charge in [-0.05, 0) is 24.6 Å². The zero-order valence-corrected chi connectivity index (χ0v) is 7.06. The molecule has 0 amide bonds. The molecular weight excluding hydrogens is 166 g/mol. The molecule has 0 aliphatic carbocycles. The SMILES string of the molecule is Cc1ccn2nc(N=C=O)cc2c1. The summed E-state index contributed by atoms with van der Waals surface area (Å²) in [6.07, 6.45) is 3.29. The Bertz CT molecular complexity index is 495. The van der Waals surface area contributed by atoms with Crippen LogP contribution in [0.15, 0.2) is 29.4 Å². The minimum atomic E-state index is 0.389. The number of isocyanates is 1. The average Bonchev–Trinajstić information content (AvgIpc) is 2.46. The van der Waals surface area contributed by atoms with Crippen LogP contribution in [0.5, 0.6) is 0 Å². The highest BCUT2D eigenvalue weighted by atomic mass is 16.1. The average molecular weight is 173 g/mol. The summed E-state index contributed by atoms with van der Waals surface area (Å²) in [5, 5.41) is 4.03. The molecule has 0 aliphatic rings. The largest absolute Gasteiger partial charge is 0.242 e. The number of aryl methyl sites for hydroxylation is 1. The van der Waals surface area contributed by atoms with Gasteiger partial charge in [0, 0.05) is 12.3 Å². The maximum Gasteiger partial charge on any atom is 0.242 e. The second-order valence-electron chi connectivity index (χ2n) is 2.78. The number of rotatable bonds is 1. The van der Waals surface area contributed by atoms with Crippen LogP contribution in [0.3, 0.4) is 0 Å². The van der Waals surface area contributed by atoms with E-state index in [2.05, 4.69) is 10.1 Å². The molecule has 0 bridgehead atoms. The number of hydrogen-bond acceptors (Lipinski definition) is 3. The maximum absolute atomic E-state index is 9.98. The lowest BCUT2D eigenvalue weighted by Crippen LogP contribution is -1.85. The highest BCUT2D eigenvalue weighted by Crippen LogP contribution is 2.13. The Labute approximate surface area is 74.5 Å². The van der Waals surface area contributed by atoms with Gasteiger partial charge in [0.05, 0.1) is 5.52 Å². The third-order valence-corrected chi connectivity index (χ3v) is 1.77. The van der Waals surface area contributed by atoms with Crippen molar-refractivity contribution < 1.29 is 4.79 Å². The van der Waals surface area contributed by atoms with E-state index in [1.165, 1.54) is 6.08 Å². The lowest BCUT2D eigenvalue weighted by molar-refractivity contribution is 0.565. The Morgan fingerprint density at radius 1 is 1.54 bits per heavy atom. The van der Waals surface area contributed by atoms with E-state index >= 15 is 0 Å². The number of fused-ring (bicyclic) bond motifs is 1. The van der Waals surface area contributed by atoms with E-state index in [-0.39, 0.29) is 0 Å². The molecule has 0 aromatic carbocycles. The Balaban J connectivity index is 2.68. The van der Waals surface area contributed by atoms with Gasteiger partial charge in [-0.3, -0.25) is 0 Å². The zero-order valence-electron chi connectivity index (χ0n) is 7.06. The van der Waals surface area contributed by atoms with E-state index in [1.54, 1.807) is 10.6 Å². The van der Waals surface area contributed by atoms with Gasteiger partial charge in [0.2, 0.25) is 6.08 Å². The summed E-state index contributed by atoms with van der Waals surface area (Å²) in [4.78, 5) is 13.4. The van der Waals surface area contributed by atoms with Gasteiger partial charge in [-0.25, -0.2) is 9.31 Å². The van der Waals surface area contributed by atoms with Crippen LogP contribution >= 0.6 is 0 Å². The molecule has 4 nitrogen and oxygen atoms in total. The lowest BCUT2D eigenvalue weighted by Gasteiger charge is -1.92. The summed E-state index contributed by atoms with van der Waals surface area (Å²) in [6, 6.07) is 5.64. The molecule has 0 N–H and O–H groups in total. The molecule has 2 aromatic rings. The highest BCUT2D eigenvalue weighted by Gasteiger charge is 1.98. The zero-order chi connectivity index (χ0) is 9.26. The van der Waals surface area contributed by atoms with Crippen molar-refractivity contribution in [3.8, 4) is 0 Å². The minimum Gasteiger partial charge on any atom is -0.239 e. The number of nitrogens with zero attached hydrogens (tertiary/aromatic N) is 3. The molecular formula is C9H7N3O. The predicted octanol–water partition coefficient (Wildman–Crippen LogP) is 1.61. The number of carbonyl (C=O) groups excluding carboxylic acids is 1. The molecule has 0 radical (unpaired) electrons. The fourth-order valence-corrected chi connectivity index (χ4v) is 1.19. The maximum atomic E-state index is 9.98. The molecule has 0 saturated heterocycles. The van der Waals surface area contributed by atoms with Crippen LogP contribution in [-0.4, -0.2) is 15.7 Å². The summed E-state index contributed by atoms with van der Waals surface area (Å²) in [5.74, 6) is 0.389. The van der Waals surface area contributed by atoms with Crippen molar-refractivity contribution in [2.24, 2.45) is 4.99 Å². The van der Waals surface area contributed by atoms with Crippen molar-refractivity contribution in [2.45, 2.75) is 6.92 Å². The summed E-state index contributed by atoms with van der Waals surface area (Å²) in [6.45, 7) is 2.00. The van der Waals surface area contributed by atoms with Crippen LogP contribution in [0.1, 0.15) is 5.56 Å². The van der Waals surface area contributed by atoms with E-state index in [0.717, 1.165) is 11.1 Å². The second kappa shape index (κ2) is 2.84. The molecule has 0 unspecified atom stereocenters. The number of aliphatic imine (C=N–C) groups is 1. The van der Waals surface area contributed by atoms with E-state index in [1.807, 2.05) is 25.3 Å².